The normalized spacial score (nSPS) is 21.4. The zero-order valence-corrected chi connectivity index (χ0v) is 23.6. The zero-order valence-electron chi connectivity index (χ0n) is 23.6. The summed E-state index contributed by atoms with van der Waals surface area (Å²) >= 11 is 0. The highest BCUT2D eigenvalue weighted by Crippen LogP contribution is 2.35. The van der Waals surface area contributed by atoms with E-state index in [-0.39, 0.29) is 18.1 Å². The van der Waals surface area contributed by atoms with Crippen molar-refractivity contribution in [3.05, 3.63) is 53.6 Å². The Hall–Kier alpha value is -3.41. The van der Waals surface area contributed by atoms with Crippen molar-refractivity contribution < 1.29 is 18.9 Å². The highest BCUT2D eigenvalue weighted by atomic mass is 16.5. The summed E-state index contributed by atoms with van der Waals surface area (Å²) in [5.74, 6) is 2.64. The first-order valence-corrected chi connectivity index (χ1v) is 14.1. The predicted octanol–water partition coefficient (Wildman–Crippen LogP) is 3.37. The Morgan fingerprint density at radius 1 is 1.18 bits per heavy atom. The molecule has 3 N–H and O–H groups in total. The van der Waals surface area contributed by atoms with E-state index in [4.69, 9.17) is 18.9 Å². The Morgan fingerprint density at radius 2 is 2.05 bits per heavy atom. The fourth-order valence-electron chi connectivity index (χ4n) is 5.71. The van der Waals surface area contributed by atoms with Gasteiger partial charge in [0, 0.05) is 44.8 Å². The van der Waals surface area contributed by atoms with Crippen LogP contribution in [0.1, 0.15) is 43.2 Å². The van der Waals surface area contributed by atoms with E-state index < -0.39 is 0 Å². The summed E-state index contributed by atoms with van der Waals surface area (Å²) < 4.78 is 23.2. The lowest BCUT2D eigenvalue weighted by Gasteiger charge is -2.38. The zero-order chi connectivity index (χ0) is 27.7. The summed E-state index contributed by atoms with van der Waals surface area (Å²) in [5.41, 5.74) is 3.55. The minimum absolute atomic E-state index is 0.0384. The standard InChI is InChI=1S/C29H41N7O4/c1-20(31-29-32-34-35-33-29)15-23-17-25(22-6-8-24(38-3)9-7-22)28(18-30-23)40-19-21-5-10-27-26(16-21)36(12-14-39-27)11-4-13-37-2/h5-10,16,20,23,25,28,30H,4,11-15,17-19H2,1-3H3,(H2,31,32,33,34,35)/t20?,23-,25+,28-/m0/s1. The third-order valence-electron chi connectivity index (χ3n) is 7.73. The Balaban J connectivity index is 1.25. The molecule has 40 heavy (non-hydrogen) atoms. The van der Waals surface area contributed by atoms with Crippen LogP contribution in [-0.2, 0) is 16.1 Å². The number of nitrogens with zero attached hydrogens (tertiary/aromatic N) is 4. The lowest BCUT2D eigenvalue weighted by molar-refractivity contribution is 0.00201. The number of hydrogen-bond donors (Lipinski definition) is 3. The largest absolute Gasteiger partial charge is 0.497 e. The maximum atomic E-state index is 6.64. The van der Waals surface area contributed by atoms with Crippen molar-refractivity contribution in [1.29, 1.82) is 0 Å². The molecular formula is C29H41N7O4. The molecule has 0 spiro atoms. The van der Waals surface area contributed by atoms with Crippen molar-refractivity contribution in [1.82, 2.24) is 25.9 Å². The molecule has 2 aliphatic heterocycles. The molecule has 2 aliphatic rings. The van der Waals surface area contributed by atoms with Gasteiger partial charge in [-0.3, -0.25) is 0 Å². The topological polar surface area (TPSA) is 119 Å². The molecule has 1 fully saturated rings. The number of benzene rings is 2. The molecule has 5 rings (SSSR count). The van der Waals surface area contributed by atoms with Gasteiger partial charge in [0.1, 0.15) is 18.1 Å². The number of fused-ring (bicyclic) bond motifs is 1. The molecule has 0 amide bonds. The van der Waals surface area contributed by atoms with Gasteiger partial charge in [-0.15, -0.1) is 0 Å². The molecule has 0 radical (unpaired) electrons. The smallest absolute Gasteiger partial charge is 0.240 e. The molecule has 1 saturated heterocycles. The van der Waals surface area contributed by atoms with Crippen LogP contribution in [-0.4, -0.2) is 85.9 Å². The fraction of sp³-hybridized carbons (Fsp3) is 0.552. The Kier molecular flexibility index (Phi) is 9.69. The molecular weight excluding hydrogens is 510 g/mol. The molecule has 11 nitrogen and oxygen atoms in total. The van der Waals surface area contributed by atoms with E-state index >= 15 is 0 Å². The summed E-state index contributed by atoms with van der Waals surface area (Å²) in [5, 5.41) is 21.1. The van der Waals surface area contributed by atoms with Gasteiger partial charge in [-0.1, -0.05) is 23.3 Å². The second-order valence-corrected chi connectivity index (χ2v) is 10.6. The predicted molar refractivity (Wildman–Crippen MR) is 153 cm³/mol. The van der Waals surface area contributed by atoms with Crippen LogP contribution >= 0.6 is 0 Å². The van der Waals surface area contributed by atoms with Crippen molar-refractivity contribution >= 4 is 11.6 Å². The number of anilines is 2. The van der Waals surface area contributed by atoms with E-state index in [0.717, 1.165) is 68.3 Å². The number of tetrazole rings is 1. The van der Waals surface area contributed by atoms with E-state index in [0.29, 0.717) is 25.2 Å². The lowest BCUT2D eigenvalue weighted by Crippen LogP contribution is -2.48. The van der Waals surface area contributed by atoms with E-state index in [9.17, 15) is 0 Å². The second kappa shape index (κ2) is 13.8. The number of piperidine rings is 1. The average Bonchev–Trinajstić information content (AvgIpc) is 3.49. The SMILES string of the molecule is COCCCN1CCOc2ccc(CO[C@H]3CN[C@@H](CC(C)Nc4nnn[nH]4)C[C@@H]3c3ccc(OC)cc3)cc21. The summed E-state index contributed by atoms with van der Waals surface area (Å²) in [7, 11) is 3.44. The Bertz CT molecular complexity index is 1180. The summed E-state index contributed by atoms with van der Waals surface area (Å²) in [6.07, 6.45) is 2.92. The minimum Gasteiger partial charge on any atom is -0.497 e. The van der Waals surface area contributed by atoms with Crippen molar-refractivity contribution in [2.24, 2.45) is 0 Å². The van der Waals surface area contributed by atoms with Gasteiger partial charge in [0.05, 0.1) is 32.1 Å². The van der Waals surface area contributed by atoms with Crippen LogP contribution in [0.2, 0.25) is 0 Å². The highest BCUT2D eigenvalue weighted by Gasteiger charge is 2.33. The molecule has 0 saturated carbocycles. The summed E-state index contributed by atoms with van der Waals surface area (Å²) in [4.78, 5) is 2.39. The number of rotatable bonds is 13. The molecule has 3 heterocycles. The monoisotopic (exact) mass is 551 g/mol. The van der Waals surface area contributed by atoms with E-state index in [1.807, 2.05) is 12.1 Å². The first-order chi connectivity index (χ1) is 19.6. The van der Waals surface area contributed by atoms with Crippen LogP contribution in [0.25, 0.3) is 0 Å². The number of ether oxygens (including phenoxy) is 4. The van der Waals surface area contributed by atoms with Gasteiger partial charge in [-0.25, -0.2) is 5.10 Å². The number of aromatic amines is 1. The van der Waals surface area contributed by atoms with Crippen LogP contribution in [0.15, 0.2) is 42.5 Å². The Labute approximate surface area is 235 Å². The van der Waals surface area contributed by atoms with E-state index in [2.05, 4.69) is 73.4 Å². The average molecular weight is 552 g/mol. The maximum Gasteiger partial charge on any atom is 0.240 e. The summed E-state index contributed by atoms with van der Waals surface area (Å²) in [6.45, 7) is 6.75. The van der Waals surface area contributed by atoms with Crippen molar-refractivity contribution in [3.63, 3.8) is 0 Å². The molecule has 1 unspecified atom stereocenters. The van der Waals surface area contributed by atoms with Crippen molar-refractivity contribution in [2.75, 3.05) is 57.3 Å². The third kappa shape index (κ3) is 7.21. The molecule has 216 valence electrons. The molecule has 0 aliphatic carbocycles. The first-order valence-electron chi connectivity index (χ1n) is 14.1. The number of aromatic nitrogens is 4. The Morgan fingerprint density at radius 3 is 2.83 bits per heavy atom. The van der Waals surface area contributed by atoms with Gasteiger partial charge in [0.25, 0.3) is 0 Å². The van der Waals surface area contributed by atoms with Crippen molar-refractivity contribution in [2.45, 2.75) is 56.9 Å². The number of hydrogen-bond acceptors (Lipinski definition) is 10. The lowest BCUT2D eigenvalue weighted by atomic mass is 9.82. The van der Waals surface area contributed by atoms with E-state index in [1.165, 1.54) is 5.56 Å². The molecule has 3 aromatic rings. The molecule has 11 heteroatoms. The second-order valence-electron chi connectivity index (χ2n) is 10.6. The van der Waals surface area contributed by atoms with Crippen LogP contribution in [0, 0.1) is 0 Å². The van der Waals surface area contributed by atoms with Crippen LogP contribution in [0.5, 0.6) is 11.5 Å². The molecule has 1 aromatic heterocycles. The van der Waals surface area contributed by atoms with E-state index in [1.54, 1.807) is 14.2 Å². The van der Waals surface area contributed by atoms with Crippen LogP contribution in [0.3, 0.4) is 0 Å². The number of methoxy groups -OCH3 is 2. The number of H-pyrrole nitrogens is 1. The van der Waals surface area contributed by atoms with Crippen LogP contribution < -0.4 is 25.0 Å². The van der Waals surface area contributed by atoms with Gasteiger partial charge in [-0.05, 0) is 72.0 Å². The third-order valence-corrected chi connectivity index (χ3v) is 7.73. The molecule has 2 aromatic carbocycles. The molecule has 4 atom stereocenters. The minimum atomic E-state index is 0.0384. The van der Waals surface area contributed by atoms with Gasteiger partial charge in [0.15, 0.2) is 0 Å². The fourth-order valence-corrected chi connectivity index (χ4v) is 5.71. The quantitative estimate of drug-likeness (QED) is 0.273. The van der Waals surface area contributed by atoms with Gasteiger partial charge in [0.2, 0.25) is 5.95 Å². The molecule has 0 bridgehead atoms. The highest BCUT2D eigenvalue weighted by molar-refractivity contribution is 5.61. The van der Waals surface area contributed by atoms with Gasteiger partial charge in [-0.2, -0.15) is 0 Å². The maximum absolute atomic E-state index is 6.64. The first kappa shape index (κ1) is 28.1. The van der Waals surface area contributed by atoms with Crippen molar-refractivity contribution in [3.8, 4) is 11.5 Å². The van der Waals surface area contributed by atoms with Crippen LogP contribution in [0.4, 0.5) is 11.6 Å². The van der Waals surface area contributed by atoms with Gasteiger partial charge >= 0.3 is 0 Å². The summed E-state index contributed by atoms with van der Waals surface area (Å²) in [6, 6.07) is 15.3. The number of nitrogens with one attached hydrogen (secondary N) is 3. The van der Waals surface area contributed by atoms with Gasteiger partial charge < -0.3 is 34.5 Å².